The van der Waals surface area contributed by atoms with Crippen molar-refractivity contribution in [2.75, 3.05) is 11.9 Å². The van der Waals surface area contributed by atoms with Crippen molar-refractivity contribution in [2.45, 2.75) is 20.3 Å². The van der Waals surface area contributed by atoms with Crippen LogP contribution in [0.2, 0.25) is 0 Å². The maximum atomic E-state index is 5.41. The molecule has 2 heteroatoms. The van der Waals surface area contributed by atoms with Gasteiger partial charge in [0.15, 0.2) is 0 Å². The van der Waals surface area contributed by atoms with Crippen molar-refractivity contribution in [3.63, 3.8) is 0 Å². The first-order valence-electron chi connectivity index (χ1n) is 4.99. The molecule has 1 unspecified atom stereocenters. The fourth-order valence-corrected chi connectivity index (χ4v) is 1.56. The van der Waals surface area contributed by atoms with Gasteiger partial charge >= 0.3 is 0 Å². The molecule has 1 aromatic rings. The van der Waals surface area contributed by atoms with Crippen molar-refractivity contribution in [3.8, 4) is 0 Å². The van der Waals surface area contributed by atoms with E-state index in [1.807, 2.05) is 25.2 Å². The van der Waals surface area contributed by atoms with E-state index in [9.17, 15) is 0 Å². The maximum Gasteiger partial charge on any atom is 0.0849 e. The van der Waals surface area contributed by atoms with Crippen molar-refractivity contribution in [2.24, 2.45) is 5.92 Å². The quantitative estimate of drug-likeness (QED) is 0.698. The molecule has 1 aromatic carbocycles. The molecule has 0 aliphatic rings. The van der Waals surface area contributed by atoms with Crippen LogP contribution in [0.4, 0.5) is 5.69 Å². The van der Waals surface area contributed by atoms with Crippen LogP contribution < -0.4 is 4.90 Å². The summed E-state index contributed by atoms with van der Waals surface area (Å²) in [6, 6.07) is 10.2. The Kier molecular flexibility index (Phi) is 4.08. The molecule has 1 atom stereocenters. The maximum absolute atomic E-state index is 5.41. The molecule has 1 nitrogen and oxygen atoms in total. The second-order valence-corrected chi connectivity index (χ2v) is 3.96. The lowest BCUT2D eigenvalue weighted by atomic mass is 10.1. The van der Waals surface area contributed by atoms with E-state index in [1.165, 1.54) is 0 Å². The van der Waals surface area contributed by atoms with E-state index in [1.54, 1.807) is 0 Å². The number of nitrogens with zero attached hydrogens (tertiary/aromatic N) is 1. The van der Waals surface area contributed by atoms with Gasteiger partial charge in [0.2, 0.25) is 0 Å². The predicted molar refractivity (Wildman–Crippen MR) is 66.9 cm³/mol. The molecule has 0 aromatic heterocycles. The van der Waals surface area contributed by atoms with Crippen LogP contribution in [-0.2, 0) is 0 Å². The molecule has 14 heavy (non-hydrogen) atoms. The van der Waals surface area contributed by atoms with Gasteiger partial charge in [-0.3, -0.25) is 0 Å². The summed E-state index contributed by atoms with van der Waals surface area (Å²) in [6.07, 6.45) is 1.09. The summed E-state index contributed by atoms with van der Waals surface area (Å²) in [5.74, 6) is 0.468. The molecule has 0 heterocycles. The lowest BCUT2D eigenvalue weighted by Gasteiger charge is -2.23. The van der Waals surface area contributed by atoms with E-state index in [4.69, 9.17) is 12.2 Å². The fraction of sp³-hybridized carbons (Fsp3) is 0.417. The number of benzene rings is 1. The minimum atomic E-state index is 0.468. The molecule has 76 valence electrons. The minimum absolute atomic E-state index is 0.468. The Morgan fingerprint density at radius 1 is 1.36 bits per heavy atom. The van der Waals surface area contributed by atoms with Crippen LogP contribution in [0.5, 0.6) is 0 Å². The van der Waals surface area contributed by atoms with E-state index in [0.29, 0.717) is 5.92 Å². The average Bonchev–Trinajstić information content (AvgIpc) is 2.27. The summed E-state index contributed by atoms with van der Waals surface area (Å²) >= 11 is 5.41. The third-order valence-electron chi connectivity index (χ3n) is 2.51. The second kappa shape index (κ2) is 5.11. The van der Waals surface area contributed by atoms with Gasteiger partial charge in [-0.15, -0.1) is 0 Å². The number of anilines is 1. The Balaban J connectivity index is 2.76. The van der Waals surface area contributed by atoms with Gasteiger partial charge in [0.25, 0.3) is 0 Å². The smallest absolute Gasteiger partial charge is 0.0849 e. The van der Waals surface area contributed by atoms with Crippen molar-refractivity contribution in [1.29, 1.82) is 0 Å². The zero-order valence-corrected chi connectivity index (χ0v) is 9.84. The number of thiocarbonyl (C=S) groups is 1. The van der Waals surface area contributed by atoms with Gasteiger partial charge in [-0.05, 0) is 18.6 Å². The molecule has 0 N–H and O–H groups in total. The zero-order chi connectivity index (χ0) is 10.6. The van der Waals surface area contributed by atoms with Gasteiger partial charge in [-0.2, -0.15) is 0 Å². The Labute approximate surface area is 91.7 Å². The summed E-state index contributed by atoms with van der Waals surface area (Å²) in [5.41, 5.74) is 1.16. The second-order valence-electron chi connectivity index (χ2n) is 3.54. The van der Waals surface area contributed by atoms with E-state index < -0.39 is 0 Å². The van der Waals surface area contributed by atoms with Gasteiger partial charge < -0.3 is 4.90 Å². The van der Waals surface area contributed by atoms with Crippen molar-refractivity contribution in [1.82, 2.24) is 0 Å². The van der Waals surface area contributed by atoms with Crippen LogP contribution in [-0.4, -0.2) is 12.0 Å². The first-order valence-corrected chi connectivity index (χ1v) is 5.40. The van der Waals surface area contributed by atoms with Crippen LogP contribution in [0.25, 0.3) is 0 Å². The van der Waals surface area contributed by atoms with Gasteiger partial charge in [0, 0.05) is 18.7 Å². The van der Waals surface area contributed by atoms with Gasteiger partial charge in [0.05, 0.1) is 4.99 Å². The average molecular weight is 207 g/mol. The molecule has 0 fully saturated rings. The Morgan fingerprint density at radius 3 is 2.43 bits per heavy atom. The molecule has 1 rings (SSSR count). The molecule has 0 radical (unpaired) electrons. The minimum Gasteiger partial charge on any atom is -0.339 e. The lowest BCUT2D eigenvalue weighted by molar-refractivity contribution is 0.738. The largest absolute Gasteiger partial charge is 0.339 e. The predicted octanol–water partition coefficient (Wildman–Crippen LogP) is 3.50. The zero-order valence-electron chi connectivity index (χ0n) is 9.03. The number of hydrogen-bond acceptors (Lipinski definition) is 1. The highest BCUT2D eigenvalue weighted by molar-refractivity contribution is 7.80. The van der Waals surface area contributed by atoms with E-state index >= 15 is 0 Å². The monoisotopic (exact) mass is 207 g/mol. The first-order chi connectivity index (χ1) is 6.66. The Hall–Kier alpha value is -0.890. The normalized spacial score (nSPS) is 12.2. The van der Waals surface area contributed by atoms with Gasteiger partial charge in [0.1, 0.15) is 0 Å². The van der Waals surface area contributed by atoms with Crippen LogP contribution in [0.1, 0.15) is 20.3 Å². The van der Waals surface area contributed by atoms with Crippen molar-refractivity contribution < 1.29 is 0 Å². The van der Waals surface area contributed by atoms with Crippen molar-refractivity contribution >= 4 is 22.9 Å². The van der Waals surface area contributed by atoms with E-state index in [0.717, 1.165) is 17.1 Å². The fourth-order valence-electron chi connectivity index (χ4n) is 1.28. The van der Waals surface area contributed by atoms with Crippen LogP contribution in [0.15, 0.2) is 30.3 Å². The van der Waals surface area contributed by atoms with Crippen LogP contribution in [0, 0.1) is 5.92 Å². The molecule has 0 amide bonds. The number of para-hydroxylation sites is 1. The van der Waals surface area contributed by atoms with E-state index in [2.05, 4.69) is 30.9 Å². The topological polar surface area (TPSA) is 3.24 Å². The molecule has 0 saturated heterocycles. The van der Waals surface area contributed by atoms with E-state index in [-0.39, 0.29) is 0 Å². The number of rotatable bonds is 3. The molecular formula is C12H17NS. The highest BCUT2D eigenvalue weighted by Gasteiger charge is 2.11. The highest BCUT2D eigenvalue weighted by atomic mass is 32.1. The molecular weight excluding hydrogens is 190 g/mol. The summed E-state index contributed by atoms with van der Waals surface area (Å²) in [5, 5.41) is 0. The summed E-state index contributed by atoms with van der Waals surface area (Å²) in [4.78, 5) is 3.10. The Morgan fingerprint density at radius 2 is 1.93 bits per heavy atom. The molecule has 0 aliphatic heterocycles. The third-order valence-corrected chi connectivity index (χ3v) is 3.18. The molecule has 0 saturated carbocycles. The Bertz CT molecular complexity index is 294. The van der Waals surface area contributed by atoms with Gasteiger partial charge in [-0.25, -0.2) is 0 Å². The van der Waals surface area contributed by atoms with Crippen molar-refractivity contribution in [3.05, 3.63) is 30.3 Å². The summed E-state index contributed by atoms with van der Waals surface area (Å²) < 4.78 is 0. The third kappa shape index (κ3) is 2.55. The summed E-state index contributed by atoms with van der Waals surface area (Å²) in [7, 11) is 2.03. The first kappa shape index (κ1) is 11.2. The lowest BCUT2D eigenvalue weighted by Crippen LogP contribution is -2.29. The van der Waals surface area contributed by atoms with Crippen LogP contribution >= 0.6 is 12.2 Å². The van der Waals surface area contributed by atoms with Gasteiger partial charge in [-0.1, -0.05) is 44.3 Å². The molecule has 0 bridgehead atoms. The molecule has 0 aliphatic carbocycles. The van der Waals surface area contributed by atoms with Crippen LogP contribution in [0.3, 0.4) is 0 Å². The standard InChI is InChI=1S/C12H17NS/c1-4-10(2)12(14)13(3)11-8-6-5-7-9-11/h5-10H,4H2,1-3H3. The highest BCUT2D eigenvalue weighted by Crippen LogP contribution is 2.16. The summed E-state index contributed by atoms with van der Waals surface area (Å²) in [6.45, 7) is 4.33. The molecule has 0 spiro atoms. The number of hydrogen-bond donors (Lipinski definition) is 0. The SMILES string of the molecule is CCC(C)C(=S)N(C)c1ccccc1.